The minimum atomic E-state index is -1.00. The summed E-state index contributed by atoms with van der Waals surface area (Å²) in [5.74, 6) is -0.862. The molecular formula is C14H12N2O5Se. The summed E-state index contributed by atoms with van der Waals surface area (Å²) in [4.78, 5) is 25.9. The number of aromatic nitrogens is 1. The number of hydrogen-bond acceptors (Lipinski definition) is 5. The molecule has 0 saturated carbocycles. The van der Waals surface area contributed by atoms with Crippen LogP contribution < -0.4 is 4.74 Å². The molecule has 2 rings (SSSR count). The summed E-state index contributed by atoms with van der Waals surface area (Å²) >= 11 is -0.479. The first-order valence-electron chi connectivity index (χ1n) is 6.17. The molecule has 0 aliphatic carbocycles. The molecule has 0 aliphatic heterocycles. The number of aromatic carboxylic acids is 1. The number of hydrogen-bond donors (Lipinski definition) is 1. The molecule has 0 bridgehead atoms. The Bertz CT molecular complexity index is 754. The number of aryl methyl sites for hydroxylation is 1. The molecule has 0 fully saturated rings. The van der Waals surface area contributed by atoms with E-state index in [2.05, 4.69) is 11.6 Å². The topological polar surface area (TPSA) is 103 Å². The van der Waals surface area contributed by atoms with E-state index in [0.717, 1.165) is 0 Å². The Kier molecular flexibility index (Phi) is 4.75. The van der Waals surface area contributed by atoms with Gasteiger partial charge < -0.3 is 0 Å². The zero-order valence-electron chi connectivity index (χ0n) is 11.6. The maximum atomic E-state index is 11.1. The molecule has 1 heterocycles. The van der Waals surface area contributed by atoms with E-state index in [0.29, 0.717) is 15.8 Å². The molecule has 1 N–H and O–H groups in total. The minimum absolute atomic E-state index is 0.142. The van der Waals surface area contributed by atoms with Crippen molar-refractivity contribution in [3.05, 3.63) is 51.1 Å². The molecule has 8 heteroatoms. The first-order valence-corrected chi connectivity index (χ1v) is 7.88. The van der Waals surface area contributed by atoms with Crippen LogP contribution in [0.2, 0.25) is 0 Å². The van der Waals surface area contributed by atoms with Gasteiger partial charge in [0.15, 0.2) is 0 Å². The van der Waals surface area contributed by atoms with Crippen molar-refractivity contribution in [1.29, 1.82) is 0 Å². The standard InChI is InChI=1S/C14H12N2O5Se/c1-3-6-21-11-5-4-9(7-10(11)16(19)20)13-15-8(2)12(22-13)14(17)18/h3-5,7H,1,6H2,2H3,(H,17,18). The van der Waals surface area contributed by atoms with Crippen LogP contribution in [0.5, 0.6) is 5.75 Å². The summed E-state index contributed by atoms with van der Waals surface area (Å²) in [6.45, 7) is 5.27. The van der Waals surface area contributed by atoms with Gasteiger partial charge in [-0.3, -0.25) is 0 Å². The Morgan fingerprint density at radius 2 is 2.32 bits per heavy atom. The Morgan fingerprint density at radius 1 is 1.59 bits per heavy atom. The summed E-state index contributed by atoms with van der Waals surface area (Å²) in [7, 11) is 0. The second-order valence-corrected chi connectivity index (χ2v) is 6.37. The summed E-state index contributed by atoms with van der Waals surface area (Å²) in [5, 5.41) is 20.2. The van der Waals surface area contributed by atoms with Gasteiger partial charge in [0.2, 0.25) is 0 Å². The van der Waals surface area contributed by atoms with Crippen molar-refractivity contribution >= 4 is 26.2 Å². The predicted molar refractivity (Wildman–Crippen MR) is 80.7 cm³/mol. The Morgan fingerprint density at radius 3 is 2.86 bits per heavy atom. The molecule has 0 radical (unpaired) electrons. The summed E-state index contributed by atoms with van der Waals surface area (Å²) < 4.78 is 6.06. The van der Waals surface area contributed by atoms with Gasteiger partial charge in [-0.05, 0) is 0 Å². The number of benzene rings is 1. The van der Waals surface area contributed by atoms with Gasteiger partial charge >= 0.3 is 131 Å². The quantitative estimate of drug-likeness (QED) is 0.364. The van der Waals surface area contributed by atoms with E-state index >= 15 is 0 Å². The summed E-state index contributed by atoms with van der Waals surface area (Å²) in [6, 6.07) is 4.49. The van der Waals surface area contributed by atoms with Crippen LogP contribution in [0.25, 0.3) is 10.1 Å². The number of nitro benzene ring substituents is 1. The summed E-state index contributed by atoms with van der Waals surface area (Å²) in [5.41, 5.74) is 0.796. The molecule has 0 amide bonds. The number of carboxylic acid groups (broad SMARTS) is 1. The predicted octanol–water partition coefficient (Wildman–Crippen LogP) is 2.29. The van der Waals surface area contributed by atoms with Crippen molar-refractivity contribution in [2.24, 2.45) is 0 Å². The molecule has 0 saturated heterocycles. The average Bonchev–Trinajstić information content (AvgIpc) is 2.87. The van der Waals surface area contributed by atoms with Crippen molar-refractivity contribution in [3.8, 4) is 15.9 Å². The van der Waals surface area contributed by atoms with Crippen LogP contribution in [0.4, 0.5) is 5.69 Å². The van der Waals surface area contributed by atoms with E-state index in [-0.39, 0.29) is 22.5 Å². The number of carbonyl (C=O) groups is 1. The zero-order chi connectivity index (χ0) is 16.3. The van der Waals surface area contributed by atoms with Crippen molar-refractivity contribution < 1.29 is 19.6 Å². The van der Waals surface area contributed by atoms with Gasteiger partial charge in [-0.25, -0.2) is 0 Å². The zero-order valence-corrected chi connectivity index (χ0v) is 13.3. The fourth-order valence-corrected chi connectivity index (χ4v) is 3.67. The van der Waals surface area contributed by atoms with Crippen LogP contribution in [0.1, 0.15) is 14.9 Å². The third kappa shape index (κ3) is 3.24. The van der Waals surface area contributed by atoms with Crippen LogP contribution in [0.15, 0.2) is 30.9 Å². The van der Waals surface area contributed by atoms with E-state index < -0.39 is 25.4 Å². The second-order valence-electron chi connectivity index (χ2n) is 4.28. The molecule has 1 aromatic carbocycles. The third-order valence-electron chi connectivity index (χ3n) is 2.75. The van der Waals surface area contributed by atoms with Gasteiger partial charge in [0.1, 0.15) is 0 Å². The monoisotopic (exact) mass is 368 g/mol. The van der Waals surface area contributed by atoms with Crippen molar-refractivity contribution in [1.82, 2.24) is 4.98 Å². The number of carboxylic acids is 1. The van der Waals surface area contributed by atoms with E-state index in [1.54, 1.807) is 13.0 Å². The van der Waals surface area contributed by atoms with Gasteiger partial charge in [0.05, 0.1) is 0 Å². The van der Waals surface area contributed by atoms with Gasteiger partial charge in [0.25, 0.3) is 0 Å². The molecule has 0 aliphatic rings. The van der Waals surface area contributed by atoms with Crippen LogP contribution in [-0.2, 0) is 0 Å². The Balaban J connectivity index is 2.46. The summed E-state index contributed by atoms with van der Waals surface area (Å²) in [6.07, 6.45) is 1.49. The van der Waals surface area contributed by atoms with E-state index in [9.17, 15) is 14.9 Å². The van der Waals surface area contributed by atoms with Crippen LogP contribution >= 0.6 is 0 Å². The third-order valence-corrected chi connectivity index (χ3v) is 5.26. The van der Waals surface area contributed by atoms with Crippen LogP contribution in [-0.4, -0.2) is 42.1 Å². The molecule has 0 atom stereocenters. The SMILES string of the molecule is C=CCOc1ccc(-c2nc(C)c(C(=O)O)[se]2)cc1[N+](=O)[O-]. The molecular weight excluding hydrogens is 355 g/mol. The van der Waals surface area contributed by atoms with Crippen molar-refractivity contribution in [3.63, 3.8) is 0 Å². The van der Waals surface area contributed by atoms with Gasteiger partial charge in [-0.2, -0.15) is 0 Å². The van der Waals surface area contributed by atoms with Crippen molar-refractivity contribution in [2.45, 2.75) is 6.92 Å². The molecule has 0 unspecified atom stereocenters. The number of nitro groups is 1. The molecule has 1 aromatic heterocycles. The van der Waals surface area contributed by atoms with E-state index in [1.807, 2.05) is 0 Å². The molecule has 7 nitrogen and oxygen atoms in total. The fourth-order valence-electron chi connectivity index (χ4n) is 1.78. The first-order chi connectivity index (χ1) is 10.4. The normalized spacial score (nSPS) is 10.2. The number of nitrogens with zero attached hydrogens (tertiary/aromatic N) is 2. The van der Waals surface area contributed by atoms with E-state index in [4.69, 9.17) is 9.84 Å². The average molecular weight is 367 g/mol. The van der Waals surface area contributed by atoms with Gasteiger partial charge in [-0.15, -0.1) is 0 Å². The molecule has 0 spiro atoms. The molecule has 2 aromatic rings. The number of rotatable bonds is 6. The molecule has 114 valence electrons. The second kappa shape index (κ2) is 6.55. The van der Waals surface area contributed by atoms with E-state index in [1.165, 1.54) is 18.2 Å². The van der Waals surface area contributed by atoms with Gasteiger partial charge in [0, 0.05) is 0 Å². The first kappa shape index (κ1) is 15.9. The number of ether oxygens (including phenoxy) is 1. The van der Waals surface area contributed by atoms with Crippen molar-refractivity contribution in [2.75, 3.05) is 6.61 Å². The Labute approximate surface area is 131 Å². The van der Waals surface area contributed by atoms with Gasteiger partial charge in [-0.1, -0.05) is 0 Å². The Hall–Kier alpha value is -2.44. The van der Waals surface area contributed by atoms with Crippen LogP contribution in [0, 0.1) is 17.0 Å². The fraction of sp³-hybridized carbons (Fsp3) is 0.143. The maximum absolute atomic E-state index is 11.1. The molecule has 22 heavy (non-hydrogen) atoms. The van der Waals surface area contributed by atoms with Crippen LogP contribution in [0.3, 0.4) is 0 Å².